The van der Waals surface area contributed by atoms with E-state index in [0.29, 0.717) is 5.56 Å². The van der Waals surface area contributed by atoms with Gasteiger partial charge in [-0.2, -0.15) is 0 Å². The van der Waals surface area contributed by atoms with Gasteiger partial charge in [-0.15, -0.1) is 0 Å². The highest BCUT2D eigenvalue weighted by atomic mass is 16.1. The Labute approximate surface area is 154 Å². The number of benzene rings is 2. The van der Waals surface area contributed by atoms with Crippen molar-refractivity contribution in [3.63, 3.8) is 0 Å². The molecule has 4 nitrogen and oxygen atoms in total. The third-order valence-electron chi connectivity index (χ3n) is 4.22. The number of nitrogens with zero attached hydrogens (tertiary/aromatic N) is 1. The lowest BCUT2D eigenvalue weighted by atomic mass is 10.0. The van der Waals surface area contributed by atoms with Crippen LogP contribution >= 0.6 is 0 Å². The van der Waals surface area contributed by atoms with Crippen LogP contribution in [0.25, 0.3) is 0 Å². The molecule has 0 saturated heterocycles. The minimum Gasteiger partial charge on any atom is -0.354 e. The normalized spacial score (nSPS) is 10.5. The molecule has 0 aliphatic carbocycles. The lowest BCUT2D eigenvalue weighted by Gasteiger charge is -2.14. The topological polar surface area (TPSA) is 54.0 Å². The number of carbonyl (C=O) groups excluding carboxylic acids is 1. The SMILES string of the molecule is Cc1cccc(NC(=O)c2cncc(Nc3c(C)cc(C)cc3C)c2)c1. The molecule has 4 heteroatoms. The van der Waals surface area contributed by atoms with E-state index in [0.717, 1.165) is 33.8 Å². The van der Waals surface area contributed by atoms with Gasteiger partial charge in [-0.3, -0.25) is 9.78 Å². The molecule has 3 rings (SSSR count). The Morgan fingerprint density at radius 2 is 1.58 bits per heavy atom. The first-order valence-corrected chi connectivity index (χ1v) is 8.60. The second-order valence-corrected chi connectivity index (χ2v) is 6.68. The number of carbonyl (C=O) groups is 1. The Morgan fingerprint density at radius 1 is 0.846 bits per heavy atom. The van der Waals surface area contributed by atoms with E-state index in [4.69, 9.17) is 0 Å². The molecule has 1 aromatic heterocycles. The average Bonchev–Trinajstić information content (AvgIpc) is 2.58. The zero-order valence-corrected chi connectivity index (χ0v) is 15.6. The van der Waals surface area contributed by atoms with E-state index in [1.165, 1.54) is 5.56 Å². The van der Waals surface area contributed by atoms with E-state index >= 15 is 0 Å². The second-order valence-electron chi connectivity index (χ2n) is 6.68. The average molecular weight is 345 g/mol. The Bertz CT molecular complexity index is 940. The fourth-order valence-electron chi connectivity index (χ4n) is 3.08. The molecule has 132 valence electrons. The first kappa shape index (κ1) is 17.7. The highest BCUT2D eigenvalue weighted by Gasteiger charge is 2.10. The summed E-state index contributed by atoms with van der Waals surface area (Å²) in [4.78, 5) is 16.7. The van der Waals surface area contributed by atoms with Gasteiger partial charge in [0, 0.05) is 17.6 Å². The van der Waals surface area contributed by atoms with Crippen LogP contribution in [0, 0.1) is 27.7 Å². The van der Waals surface area contributed by atoms with Gasteiger partial charge in [0.25, 0.3) is 5.91 Å². The molecule has 0 aliphatic rings. The molecule has 3 aromatic rings. The first-order valence-electron chi connectivity index (χ1n) is 8.60. The highest BCUT2D eigenvalue weighted by molar-refractivity contribution is 6.04. The molecular weight excluding hydrogens is 322 g/mol. The molecule has 2 N–H and O–H groups in total. The highest BCUT2D eigenvalue weighted by Crippen LogP contribution is 2.26. The van der Waals surface area contributed by atoms with Crippen LogP contribution in [0.3, 0.4) is 0 Å². The molecule has 1 amide bonds. The predicted octanol–water partition coefficient (Wildman–Crippen LogP) is 5.31. The van der Waals surface area contributed by atoms with E-state index in [1.54, 1.807) is 12.4 Å². The van der Waals surface area contributed by atoms with E-state index < -0.39 is 0 Å². The maximum Gasteiger partial charge on any atom is 0.257 e. The van der Waals surface area contributed by atoms with Crippen LogP contribution in [0.4, 0.5) is 17.1 Å². The number of aryl methyl sites for hydroxylation is 4. The summed E-state index contributed by atoms with van der Waals surface area (Å²) in [6.07, 6.45) is 3.30. The molecule has 0 bridgehead atoms. The zero-order valence-electron chi connectivity index (χ0n) is 15.6. The van der Waals surface area contributed by atoms with Crippen LogP contribution in [0.5, 0.6) is 0 Å². The van der Waals surface area contributed by atoms with Crippen molar-refractivity contribution in [3.8, 4) is 0 Å². The van der Waals surface area contributed by atoms with Crippen molar-refractivity contribution in [2.24, 2.45) is 0 Å². The number of nitrogens with one attached hydrogen (secondary N) is 2. The Kier molecular flexibility index (Phi) is 5.03. The van der Waals surface area contributed by atoms with Gasteiger partial charge in [-0.25, -0.2) is 0 Å². The Balaban J connectivity index is 1.81. The van der Waals surface area contributed by atoms with Gasteiger partial charge in [0.15, 0.2) is 0 Å². The number of pyridine rings is 1. The molecule has 26 heavy (non-hydrogen) atoms. The molecule has 2 aromatic carbocycles. The number of hydrogen-bond acceptors (Lipinski definition) is 3. The lowest BCUT2D eigenvalue weighted by Crippen LogP contribution is -2.12. The fraction of sp³-hybridized carbons (Fsp3) is 0.182. The van der Waals surface area contributed by atoms with E-state index in [2.05, 4.69) is 48.5 Å². The summed E-state index contributed by atoms with van der Waals surface area (Å²) in [5.41, 5.74) is 7.79. The Morgan fingerprint density at radius 3 is 2.27 bits per heavy atom. The van der Waals surface area contributed by atoms with Crippen molar-refractivity contribution in [1.29, 1.82) is 0 Å². The van der Waals surface area contributed by atoms with Gasteiger partial charge < -0.3 is 10.6 Å². The van der Waals surface area contributed by atoms with Crippen molar-refractivity contribution >= 4 is 23.0 Å². The minimum absolute atomic E-state index is 0.177. The maximum atomic E-state index is 12.5. The molecule has 0 unspecified atom stereocenters. The van der Waals surface area contributed by atoms with Crippen molar-refractivity contribution in [2.75, 3.05) is 10.6 Å². The second kappa shape index (κ2) is 7.40. The summed E-state index contributed by atoms with van der Waals surface area (Å²) >= 11 is 0. The fourth-order valence-corrected chi connectivity index (χ4v) is 3.08. The quantitative estimate of drug-likeness (QED) is 0.673. The van der Waals surface area contributed by atoms with Crippen LogP contribution in [0.2, 0.25) is 0 Å². The van der Waals surface area contributed by atoms with Crippen molar-refractivity contribution in [3.05, 3.63) is 82.7 Å². The summed E-state index contributed by atoms with van der Waals surface area (Å²) in [7, 11) is 0. The summed E-state index contributed by atoms with van der Waals surface area (Å²) < 4.78 is 0. The van der Waals surface area contributed by atoms with Crippen LogP contribution in [0.1, 0.15) is 32.6 Å². The summed E-state index contributed by atoms with van der Waals surface area (Å²) in [5, 5.41) is 6.31. The number of aromatic nitrogens is 1. The maximum absolute atomic E-state index is 12.5. The van der Waals surface area contributed by atoms with Gasteiger partial charge in [0.1, 0.15) is 0 Å². The van der Waals surface area contributed by atoms with Gasteiger partial charge >= 0.3 is 0 Å². The van der Waals surface area contributed by atoms with Crippen molar-refractivity contribution in [1.82, 2.24) is 4.98 Å². The van der Waals surface area contributed by atoms with Gasteiger partial charge in [-0.05, 0) is 62.6 Å². The summed E-state index contributed by atoms with van der Waals surface area (Å²) in [6.45, 7) is 8.23. The van der Waals surface area contributed by atoms with E-state index in [1.807, 2.05) is 37.3 Å². The third kappa shape index (κ3) is 4.09. The minimum atomic E-state index is -0.177. The van der Waals surface area contributed by atoms with E-state index in [9.17, 15) is 4.79 Å². The number of rotatable bonds is 4. The summed E-state index contributed by atoms with van der Waals surface area (Å²) in [6, 6.07) is 13.8. The molecule has 0 fully saturated rings. The molecule has 1 heterocycles. The number of anilines is 3. The third-order valence-corrected chi connectivity index (χ3v) is 4.22. The summed E-state index contributed by atoms with van der Waals surface area (Å²) in [5.74, 6) is -0.177. The predicted molar refractivity (Wildman–Crippen MR) is 107 cm³/mol. The standard InChI is InChI=1S/C22H23N3O/c1-14-6-5-7-19(10-14)25-22(26)18-11-20(13-23-12-18)24-21-16(3)8-15(2)9-17(21)4/h5-13,24H,1-4H3,(H,25,26). The molecule has 0 saturated carbocycles. The molecule has 0 spiro atoms. The molecule has 0 aliphatic heterocycles. The van der Waals surface area contributed by atoms with Crippen LogP contribution in [0.15, 0.2) is 54.9 Å². The van der Waals surface area contributed by atoms with Crippen molar-refractivity contribution < 1.29 is 4.79 Å². The molecule has 0 radical (unpaired) electrons. The number of amides is 1. The van der Waals surface area contributed by atoms with E-state index in [-0.39, 0.29) is 5.91 Å². The Hall–Kier alpha value is -3.14. The lowest BCUT2D eigenvalue weighted by molar-refractivity contribution is 0.102. The van der Waals surface area contributed by atoms with Crippen LogP contribution < -0.4 is 10.6 Å². The number of hydrogen-bond donors (Lipinski definition) is 2. The van der Waals surface area contributed by atoms with Crippen LogP contribution in [-0.2, 0) is 0 Å². The van der Waals surface area contributed by atoms with Crippen molar-refractivity contribution in [2.45, 2.75) is 27.7 Å². The van der Waals surface area contributed by atoms with Crippen LogP contribution in [-0.4, -0.2) is 10.9 Å². The molecular formula is C22H23N3O. The first-order chi connectivity index (χ1) is 12.4. The van der Waals surface area contributed by atoms with Gasteiger partial charge in [0.05, 0.1) is 17.4 Å². The van der Waals surface area contributed by atoms with Gasteiger partial charge in [-0.1, -0.05) is 29.8 Å². The molecule has 0 atom stereocenters. The zero-order chi connectivity index (χ0) is 18.7. The smallest absolute Gasteiger partial charge is 0.257 e. The largest absolute Gasteiger partial charge is 0.354 e. The van der Waals surface area contributed by atoms with Gasteiger partial charge in [0.2, 0.25) is 0 Å². The monoisotopic (exact) mass is 345 g/mol.